The van der Waals surface area contributed by atoms with Crippen molar-refractivity contribution in [2.45, 2.75) is 38.3 Å². The lowest BCUT2D eigenvalue weighted by atomic mass is 10.2. The molecule has 0 aliphatic carbocycles. The van der Waals surface area contributed by atoms with Gasteiger partial charge in [0.1, 0.15) is 6.29 Å². The Morgan fingerprint density at radius 1 is 1.67 bits per heavy atom. The van der Waals surface area contributed by atoms with E-state index in [2.05, 4.69) is 12.2 Å². The summed E-state index contributed by atoms with van der Waals surface area (Å²) in [5.41, 5.74) is 0. The van der Waals surface area contributed by atoms with Crippen LogP contribution in [0.5, 0.6) is 0 Å². The van der Waals surface area contributed by atoms with Crippen LogP contribution in [0.2, 0.25) is 0 Å². The number of nitrogens with one attached hydrogen (secondary N) is 1. The highest BCUT2D eigenvalue weighted by Gasteiger charge is 2.20. The SMILES string of the molecule is CC[C@@H]1CCC(C=O)N1. The number of hydrogen-bond acceptors (Lipinski definition) is 2. The van der Waals surface area contributed by atoms with Crippen LogP contribution in [0.15, 0.2) is 0 Å². The van der Waals surface area contributed by atoms with E-state index in [0.29, 0.717) is 6.04 Å². The van der Waals surface area contributed by atoms with E-state index >= 15 is 0 Å². The van der Waals surface area contributed by atoms with Gasteiger partial charge in [-0.3, -0.25) is 0 Å². The van der Waals surface area contributed by atoms with Crippen LogP contribution in [-0.2, 0) is 4.79 Å². The van der Waals surface area contributed by atoms with Gasteiger partial charge in [0.05, 0.1) is 6.04 Å². The quantitative estimate of drug-likeness (QED) is 0.554. The van der Waals surface area contributed by atoms with Crippen molar-refractivity contribution in [2.75, 3.05) is 0 Å². The van der Waals surface area contributed by atoms with Gasteiger partial charge in [0.15, 0.2) is 0 Å². The zero-order valence-electron chi connectivity index (χ0n) is 5.76. The molecule has 0 aromatic heterocycles. The minimum atomic E-state index is 0.148. The first kappa shape index (κ1) is 6.75. The summed E-state index contributed by atoms with van der Waals surface area (Å²) in [6.07, 6.45) is 4.35. The molecule has 0 radical (unpaired) electrons. The number of aldehydes is 1. The number of rotatable bonds is 2. The Morgan fingerprint density at radius 2 is 2.44 bits per heavy atom. The summed E-state index contributed by atoms with van der Waals surface area (Å²) >= 11 is 0. The van der Waals surface area contributed by atoms with Crippen LogP contribution in [0.1, 0.15) is 26.2 Å². The van der Waals surface area contributed by atoms with Crippen LogP contribution in [0.4, 0.5) is 0 Å². The van der Waals surface area contributed by atoms with Crippen LogP contribution in [-0.4, -0.2) is 18.4 Å². The molecule has 2 heteroatoms. The molecule has 2 nitrogen and oxygen atoms in total. The maximum atomic E-state index is 10.2. The Balaban J connectivity index is 2.28. The second-order valence-corrected chi connectivity index (χ2v) is 2.59. The molecule has 1 N–H and O–H groups in total. The van der Waals surface area contributed by atoms with Crippen LogP contribution < -0.4 is 5.32 Å². The van der Waals surface area contributed by atoms with Gasteiger partial charge < -0.3 is 10.1 Å². The molecule has 1 unspecified atom stereocenters. The first-order chi connectivity index (χ1) is 4.36. The standard InChI is InChI=1S/C7H13NO/c1-2-6-3-4-7(5-9)8-6/h5-8H,2-4H2,1H3/t6-,7?/m1/s1. The number of carbonyl (C=O) groups excluding carboxylic acids is 1. The van der Waals surface area contributed by atoms with Gasteiger partial charge in [-0.25, -0.2) is 0 Å². The molecule has 0 aromatic carbocycles. The van der Waals surface area contributed by atoms with E-state index in [1.807, 2.05) is 0 Å². The van der Waals surface area contributed by atoms with Gasteiger partial charge in [0.2, 0.25) is 0 Å². The zero-order chi connectivity index (χ0) is 6.69. The Labute approximate surface area is 55.6 Å². The Bertz CT molecular complexity index is 103. The summed E-state index contributed by atoms with van der Waals surface area (Å²) < 4.78 is 0. The third-order valence-corrected chi connectivity index (χ3v) is 1.93. The summed E-state index contributed by atoms with van der Waals surface area (Å²) in [7, 11) is 0. The summed E-state index contributed by atoms with van der Waals surface area (Å²) in [6.45, 7) is 2.14. The molecule has 0 amide bonds. The predicted molar refractivity (Wildman–Crippen MR) is 36.3 cm³/mol. The van der Waals surface area contributed by atoms with Crippen molar-refractivity contribution in [3.05, 3.63) is 0 Å². The molecule has 1 rings (SSSR count). The molecule has 1 saturated heterocycles. The molecule has 2 atom stereocenters. The van der Waals surface area contributed by atoms with Crippen LogP contribution >= 0.6 is 0 Å². The molecule has 52 valence electrons. The average molecular weight is 127 g/mol. The first-order valence-electron chi connectivity index (χ1n) is 3.58. The molecule has 0 saturated carbocycles. The summed E-state index contributed by atoms with van der Waals surface area (Å²) in [4.78, 5) is 10.2. The van der Waals surface area contributed by atoms with Crippen LogP contribution in [0, 0.1) is 0 Å². The molecule has 1 aliphatic heterocycles. The summed E-state index contributed by atoms with van der Waals surface area (Å²) in [5.74, 6) is 0. The lowest BCUT2D eigenvalue weighted by molar-refractivity contribution is -0.109. The van der Waals surface area contributed by atoms with Crippen molar-refractivity contribution in [2.24, 2.45) is 0 Å². The van der Waals surface area contributed by atoms with Crippen molar-refractivity contribution < 1.29 is 4.79 Å². The molecular weight excluding hydrogens is 114 g/mol. The van der Waals surface area contributed by atoms with Crippen molar-refractivity contribution in [1.29, 1.82) is 0 Å². The monoisotopic (exact) mass is 127 g/mol. The third kappa shape index (κ3) is 1.52. The maximum Gasteiger partial charge on any atom is 0.136 e. The largest absolute Gasteiger partial charge is 0.305 e. The summed E-state index contributed by atoms with van der Waals surface area (Å²) in [5, 5.41) is 3.22. The van der Waals surface area contributed by atoms with E-state index in [4.69, 9.17) is 0 Å². The highest BCUT2D eigenvalue weighted by atomic mass is 16.1. The molecule has 0 aromatic rings. The fourth-order valence-electron chi connectivity index (χ4n) is 1.28. The fraction of sp³-hybridized carbons (Fsp3) is 0.857. The third-order valence-electron chi connectivity index (χ3n) is 1.93. The van der Waals surface area contributed by atoms with Gasteiger partial charge in [-0.05, 0) is 19.3 Å². The van der Waals surface area contributed by atoms with Gasteiger partial charge in [0, 0.05) is 6.04 Å². The minimum Gasteiger partial charge on any atom is -0.305 e. The Morgan fingerprint density at radius 3 is 2.78 bits per heavy atom. The van der Waals surface area contributed by atoms with Crippen molar-refractivity contribution in [3.8, 4) is 0 Å². The highest BCUT2D eigenvalue weighted by molar-refractivity contribution is 5.58. The average Bonchev–Trinajstić information content (AvgIpc) is 2.34. The minimum absolute atomic E-state index is 0.148. The lowest BCUT2D eigenvalue weighted by Gasteiger charge is -2.05. The second kappa shape index (κ2) is 2.97. The van der Waals surface area contributed by atoms with E-state index in [-0.39, 0.29) is 6.04 Å². The number of hydrogen-bond donors (Lipinski definition) is 1. The van der Waals surface area contributed by atoms with Crippen LogP contribution in [0.3, 0.4) is 0 Å². The van der Waals surface area contributed by atoms with E-state index in [9.17, 15) is 4.79 Å². The van der Waals surface area contributed by atoms with Crippen molar-refractivity contribution in [3.63, 3.8) is 0 Å². The zero-order valence-corrected chi connectivity index (χ0v) is 5.76. The first-order valence-corrected chi connectivity index (χ1v) is 3.58. The lowest BCUT2D eigenvalue weighted by Crippen LogP contribution is -2.29. The van der Waals surface area contributed by atoms with Crippen molar-refractivity contribution in [1.82, 2.24) is 5.32 Å². The van der Waals surface area contributed by atoms with Gasteiger partial charge >= 0.3 is 0 Å². The second-order valence-electron chi connectivity index (χ2n) is 2.59. The molecule has 0 bridgehead atoms. The van der Waals surface area contributed by atoms with Crippen LogP contribution in [0.25, 0.3) is 0 Å². The van der Waals surface area contributed by atoms with Gasteiger partial charge in [0.25, 0.3) is 0 Å². The number of carbonyl (C=O) groups is 1. The topological polar surface area (TPSA) is 29.1 Å². The van der Waals surface area contributed by atoms with Gasteiger partial charge in [-0.2, -0.15) is 0 Å². The van der Waals surface area contributed by atoms with E-state index in [1.54, 1.807) is 0 Å². The maximum absolute atomic E-state index is 10.2. The predicted octanol–water partition coefficient (Wildman–Crippen LogP) is 0.716. The van der Waals surface area contributed by atoms with E-state index < -0.39 is 0 Å². The Kier molecular flexibility index (Phi) is 2.22. The molecule has 0 spiro atoms. The molecule has 1 aliphatic rings. The highest BCUT2D eigenvalue weighted by Crippen LogP contribution is 2.12. The molecule has 1 heterocycles. The van der Waals surface area contributed by atoms with E-state index in [0.717, 1.165) is 19.1 Å². The fourth-order valence-corrected chi connectivity index (χ4v) is 1.28. The van der Waals surface area contributed by atoms with Gasteiger partial charge in [-0.15, -0.1) is 0 Å². The molecule has 1 fully saturated rings. The van der Waals surface area contributed by atoms with E-state index in [1.165, 1.54) is 6.42 Å². The van der Waals surface area contributed by atoms with Gasteiger partial charge in [-0.1, -0.05) is 6.92 Å². The molecular formula is C7H13NO. The Hall–Kier alpha value is -0.370. The normalized spacial score (nSPS) is 34.8. The summed E-state index contributed by atoms with van der Waals surface area (Å²) in [6, 6.07) is 0.746. The molecule has 9 heavy (non-hydrogen) atoms. The smallest absolute Gasteiger partial charge is 0.136 e. The van der Waals surface area contributed by atoms with Crippen molar-refractivity contribution >= 4 is 6.29 Å².